The van der Waals surface area contributed by atoms with Crippen molar-refractivity contribution >= 4 is 33.6 Å². The highest BCUT2D eigenvalue weighted by molar-refractivity contribution is 7.17. The van der Waals surface area contributed by atoms with Crippen LogP contribution >= 0.6 is 11.3 Å². The Morgan fingerprint density at radius 1 is 1.23 bits per heavy atom. The van der Waals surface area contributed by atoms with Crippen LogP contribution in [-0.4, -0.2) is 34.2 Å². The van der Waals surface area contributed by atoms with Gasteiger partial charge in [-0.15, -0.1) is 11.3 Å². The third-order valence-corrected chi connectivity index (χ3v) is 6.01. The van der Waals surface area contributed by atoms with E-state index in [4.69, 9.17) is 4.74 Å². The Hall–Kier alpha value is -3.46. The summed E-state index contributed by atoms with van der Waals surface area (Å²) in [5.41, 5.74) is 2.17. The Kier molecular flexibility index (Phi) is 5.85. The maximum Gasteiger partial charge on any atom is 0.337 e. The van der Waals surface area contributed by atoms with E-state index in [0.29, 0.717) is 27.9 Å². The Morgan fingerprint density at radius 3 is 2.71 bits per heavy atom. The number of carbonyl (C=O) groups is 2. The molecule has 160 valence electrons. The summed E-state index contributed by atoms with van der Waals surface area (Å²) in [5, 5.41) is 7.85. The minimum absolute atomic E-state index is 0.00389. The summed E-state index contributed by atoms with van der Waals surface area (Å²) in [7, 11) is 0. The Balaban J connectivity index is 1.81. The third kappa shape index (κ3) is 3.96. The van der Waals surface area contributed by atoms with E-state index >= 15 is 0 Å². The summed E-state index contributed by atoms with van der Waals surface area (Å²) in [6, 6.07) is 8.73. The van der Waals surface area contributed by atoms with Crippen molar-refractivity contribution in [2.45, 2.75) is 32.9 Å². The molecule has 1 atom stereocenters. The first kappa shape index (κ1) is 20.8. The summed E-state index contributed by atoms with van der Waals surface area (Å²) >= 11 is 1.40. The number of carbonyl (C=O) groups excluding carboxylic acids is 2. The molecular formula is C22H22N4O4S. The van der Waals surface area contributed by atoms with Gasteiger partial charge >= 0.3 is 12.0 Å². The molecule has 0 fully saturated rings. The van der Waals surface area contributed by atoms with Gasteiger partial charge in [-0.3, -0.25) is 9.36 Å². The predicted molar refractivity (Wildman–Crippen MR) is 119 cm³/mol. The van der Waals surface area contributed by atoms with Crippen molar-refractivity contribution in [1.82, 2.24) is 20.2 Å². The van der Waals surface area contributed by atoms with Crippen LogP contribution in [0.1, 0.15) is 20.3 Å². The first-order valence-corrected chi connectivity index (χ1v) is 10.9. The second-order valence-corrected chi connectivity index (χ2v) is 7.90. The highest BCUT2D eigenvalue weighted by Crippen LogP contribution is 2.30. The molecule has 0 unspecified atom stereocenters. The van der Waals surface area contributed by atoms with Crippen molar-refractivity contribution in [1.29, 1.82) is 0 Å². The van der Waals surface area contributed by atoms with Gasteiger partial charge in [0.1, 0.15) is 4.83 Å². The number of amides is 2. The molecule has 4 rings (SSSR count). The molecule has 31 heavy (non-hydrogen) atoms. The van der Waals surface area contributed by atoms with E-state index in [0.717, 1.165) is 11.1 Å². The van der Waals surface area contributed by atoms with Crippen molar-refractivity contribution in [3.8, 4) is 11.1 Å². The van der Waals surface area contributed by atoms with E-state index in [1.54, 1.807) is 6.92 Å². The van der Waals surface area contributed by atoms with Crippen LogP contribution in [0.15, 0.2) is 58.1 Å². The number of esters is 1. The summed E-state index contributed by atoms with van der Waals surface area (Å²) in [6.45, 7) is 3.80. The summed E-state index contributed by atoms with van der Waals surface area (Å²) in [5.74, 6) is -0.514. The number of rotatable bonds is 6. The molecule has 1 aromatic carbocycles. The zero-order chi connectivity index (χ0) is 22.0. The van der Waals surface area contributed by atoms with E-state index < -0.39 is 18.0 Å². The summed E-state index contributed by atoms with van der Waals surface area (Å²) in [4.78, 5) is 43.2. The number of nitrogens with one attached hydrogen (secondary N) is 2. The third-order valence-electron chi connectivity index (χ3n) is 5.12. The molecule has 0 spiro atoms. The molecule has 0 saturated heterocycles. The van der Waals surface area contributed by atoms with Crippen LogP contribution in [0.2, 0.25) is 0 Å². The van der Waals surface area contributed by atoms with Crippen molar-refractivity contribution in [3.63, 3.8) is 0 Å². The minimum Gasteiger partial charge on any atom is -0.463 e. The maximum atomic E-state index is 13.4. The average molecular weight is 439 g/mol. The number of aromatic nitrogens is 2. The van der Waals surface area contributed by atoms with Crippen LogP contribution in [0, 0.1) is 0 Å². The average Bonchev–Trinajstić information content (AvgIpc) is 3.21. The largest absolute Gasteiger partial charge is 0.463 e. The number of nitrogens with zero attached hydrogens (tertiary/aromatic N) is 2. The molecule has 0 saturated carbocycles. The topological polar surface area (TPSA) is 102 Å². The van der Waals surface area contributed by atoms with Gasteiger partial charge in [0.2, 0.25) is 0 Å². The van der Waals surface area contributed by atoms with Crippen LogP contribution in [-0.2, 0) is 16.1 Å². The summed E-state index contributed by atoms with van der Waals surface area (Å²) < 4.78 is 6.60. The molecule has 3 heterocycles. The fraction of sp³-hybridized carbons (Fsp3) is 0.273. The molecule has 8 nitrogen and oxygen atoms in total. The lowest BCUT2D eigenvalue weighted by Gasteiger charge is -2.28. The fourth-order valence-electron chi connectivity index (χ4n) is 3.67. The molecule has 0 bridgehead atoms. The van der Waals surface area contributed by atoms with E-state index in [-0.39, 0.29) is 18.7 Å². The molecule has 2 aromatic heterocycles. The van der Waals surface area contributed by atoms with Gasteiger partial charge in [-0.1, -0.05) is 37.3 Å². The van der Waals surface area contributed by atoms with Crippen LogP contribution in [0.4, 0.5) is 4.79 Å². The molecule has 2 amide bonds. The van der Waals surface area contributed by atoms with Gasteiger partial charge < -0.3 is 15.4 Å². The SMILES string of the molecule is CCOC(=O)C1=C(Cn2cnc3scc(-c4ccccc4)c3c2=O)NC(=O)N[C@@H]1CC. The molecule has 9 heteroatoms. The number of allylic oxidation sites excluding steroid dienone is 1. The number of hydrogen-bond acceptors (Lipinski definition) is 6. The maximum absolute atomic E-state index is 13.4. The van der Waals surface area contributed by atoms with Crippen LogP contribution in [0.25, 0.3) is 21.3 Å². The van der Waals surface area contributed by atoms with Gasteiger partial charge in [0.05, 0.1) is 42.2 Å². The highest BCUT2D eigenvalue weighted by Gasteiger charge is 2.31. The molecule has 1 aliphatic rings. The van der Waals surface area contributed by atoms with Gasteiger partial charge in [0, 0.05) is 10.9 Å². The smallest absolute Gasteiger partial charge is 0.337 e. The van der Waals surface area contributed by atoms with Crippen LogP contribution in [0.3, 0.4) is 0 Å². The Bertz CT molecular complexity index is 1230. The first-order valence-electron chi connectivity index (χ1n) is 10.0. The monoisotopic (exact) mass is 438 g/mol. The Labute approximate surface area is 182 Å². The van der Waals surface area contributed by atoms with Crippen molar-refractivity contribution in [2.24, 2.45) is 0 Å². The van der Waals surface area contributed by atoms with Gasteiger partial charge in [-0.2, -0.15) is 0 Å². The van der Waals surface area contributed by atoms with E-state index in [1.807, 2.05) is 42.6 Å². The first-order chi connectivity index (χ1) is 15.0. The lowest BCUT2D eigenvalue weighted by molar-refractivity contribution is -0.139. The highest BCUT2D eigenvalue weighted by atomic mass is 32.1. The van der Waals surface area contributed by atoms with Crippen molar-refractivity contribution < 1.29 is 14.3 Å². The van der Waals surface area contributed by atoms with Crippen LogP contribution < -0.4 is 16.2 Å². The van der Waals surface area contributed by atoms with Crippen LogP contribution in [0.5, 0.6) is 0 Å². The number of hydrogen-bond donors (Lipinski definition) is 2. The number of fused-ring (bicyclic) bond motifs is 1. The number of benzene rings is 1. The van der Waals surface area contributed by atoms with Gasteiger partial charge in [0.25, 0.3) is 5.56 Å². The standard InChI is InChI=1S/C22H22N4O4S/c1-3-15-18(21(28)30-4-2)16(25-22(29)24-15)10-26-12-23-19-17(20(26)27)14(11-31-19)13-8-6-5-7-9-13/h5-9,11-12,15H,3-4,10H2,1-2H3,(H2,24,25,29)/t15-/m1/s1. The second kappa shape index (κ2) is 8.73. The number of ether oxygens (including phenoxy) is 1. The normalized spacial score (nSPS) is 16.2. The molecule has 3 aromatic rings. The molecule has 0 radical (unpaired) electrons. The fourth-order valence-corrected chi connectivity index (χ4v) is 4.57. The van der Waals surface area contributed by atoms with Crippen molar-refractivity contribution in [3.05, 3.63) is 63.7 Å². The van der Waals surface area contributed by atoms with Gasteiger partial charge in [-0.05, 0) is 18.9 Å². The van der Waals surface area contributed by atoms with Crippen molar-refractivity contribution in [2.75, 3.05) is 6.61 Å². The zero-order valence-electron chi connectivity index (χ0n) is 17.2. The van der Waals surface area contributed by atoms with E-state index in [2.05, 4.69) is 15.6 Å². The lowest BCUT2D eigenvalue weighted by Crippen LogP contribution is -2.51. The molecule has 2 N–H and O–H groups in total. The molecule has 1 aliphatic heterocycles. The Morgan fingerprint density at radius 2 is 2.00 bits per heavy atom. The number of thiophene rings is 1. The molecular weight excluding hydrogens is 416 g/mol. The zero-order valence-corrected chi connectivity index (χ0v) is 18.0. The second-order valence-electron chi connectivity index (χ2n) is 7.05. The minimum atomic E-state index is -0.514. The van der Waals surface area contributed by atoms with E-state index in [1.165, 1.54) is 22.2 Å². The quantitative estimate of drug-likeness (QED) is 0.576. The molecule has 0 aliphatic carbocycles. The predicted octanol–water partition coefficient (Wildman–Crippen LogP) is 3.03. The number of urea groups is 1. The lowest BCUT2D eigenvalue weighted by atomic mass is 10.00. The van der Waals surface area contributed by atoms with Gasteiger partial charge in [-0.25, -0.2) is 14.6 Å². The van der Waals surface area contributed by atoms with E-state index in [9.17, 15) is 14.4 Å². The van der Waals surface area contributed by atoms with Gasteiger partial charge in [0.15, 0.2) is 0 Å². The summed E-state index contributed by atoms with van der Waals surface area (Å²) in [6.07, 6.45) is 1.96.